The average molecular weight is 211 g/mol. The van der Waals surface area contributed by atoms with Gasteiger partial charge in [-0.15, -0.1) is 0 Å². The first-order chi connectivity index (χ1) is 6.06. The van der Waals surface area contributed by atoms with Crippen LogP contribution < -0.4 is 5.73 Å². The Labute approximate surface area is 79.2 Å². The van der Waals surface area contributed by atoms with E-state index in [0.717, 1.165) is 25.7 Å². The molecule has 5 nitrogen and oxygen atoms in total. The number of rotatable bonds is 8. The van der Waals surface area contributed by atoms with Gasteiger partial charge in [-0.05, 0) is 19.4 Å². The van der Waals surface area contributed by atoms with Crippen LogP contribution in [0.25, 0.3) is 0 Å². The van der Waals surface area contributed by atoms with Crippen LogP contribution in [0.3, 0.4) is 0 Å². The molecule has 0 saturated carbocycles. The molecule has 0 heterocycles. The predicted molar refractivity (Wildman–Crippen MR) is 49.6 cm³/mol. The monoisotopic (exact) mass is 211 g/mol. The summed E-state index contributed by atoms with van der Waals surface area (Å²) in [7, 11) is -4.24. The first kappa shape index (κ1) is 12.8. The molecule has 0 saturated heterocycles. The van der Waals surface area contributed by atoms with Crippen LogP contribution in [0.2, 0.25) is 0 Å². The zero-order chi connectivity index (χ0) is 10.2. The summed E-state index contributed by atoms with van der Waals surface area (Å²) in [6.45, 7) is 0.753. The Bertz CT molecular complexity index is 203. The van der Waals surface area contributed by atoms with E-state index in [1.165, 1.54) is 0 Å². The Morgan fingerprint density at radius 1 is 1.08 bits per heavy atom. The Hall–Kier alpha value is -0.170. The zero-order valence-corrected chi connectivity index (χ0v) is 8.42. The largest absolute Gasteiger partial charge is 0.397 e. The normalized spacial score (nSPS) is 11.8. The number of hydrogen-bond acceptors (Lipinski definition) is 4. The summed E-state index contributed by atoms with van der Waals surface area (Å²) >= 11 is 0. The molecule has 0 aliphatic rings. The van der Waals surface area contributed by atoms with Gasteiger partial charge in [0.25, 0.3) is 0 Å². The van der Waals surface area contributed by atoms with Crippen molar-refractivity contribution in [2.75, 3.05) is 13.2 Å². The van der Waals surface area contributed by atoms with Crippen LogP contribution >= 0.6 is 0 Å². The highest BCUT2D eigenvalue weighted by atomic mass is 32.3. The topological polar surface area (TPSA) is 89.6 Å². The fourth-order valence-electron chi connectivity index (χ4n) is 0.941. The van der Waals surface area contributed by atoms with Crippen molar-refractivity contribution >= 4 is 10.4 Å². The SMILES string of the molecule is NCCCCCCCOS(=O)(=O)O. The fraction of sp³-hybridized carbons (Fsp3) is 1.00. The number of nitrogens with two attached hydrogens (primary N) is 1. The lowest BCUT2D eigenvalue weighted by atomic mass is 10.1. The molecule has 80 valence electrons. The van der Waals surface area contributed by atoms with Crippen LogP contribution in [0.5, 0.6) is 0 Å². The molecule has 0 fully saturated rings. The highest BCUT2D eigenvalue weighted by Crippen LogP contribution is 2.02. The van der Waals surface area contributed by atoms with Crippen LogP contribution in [0.4, 0.5) is 0 Å². The Morgan fingerprint density at radius 3 is 2.15 bits per heavy atom. The van der Waals surface area contributed by atoms with E-state index in [0.29, 0.717) is 13.0 Å². The van der Waals surface area contributed by atoms with Gasteiger partial charge in [0.05, 0.1) is 6.61 Å². The van der Waals surface area contributed by atoms with Gasteiger partial charge in [-0.3, -0.25) is 4.55 Å². The van der Waals surface area contributed by atoms with Crippen LogP contribution in [0, 0.1) is 0 Å². The average Bonchev–Trinajstić information content (AvgIpc) is 2.01. The maximum absolute atomic E-state index is 10.1. The zero-order valence-electron chi connectivity index (χ0n) is 7.61. The van der Waals surface area contributed by atoms with Crippen molar-refractivity contribution in [3.05, 3.63) is 0 Å². The second-order valence-corrected chi connectivity index (χ2v) is 3.90. The van der Waals surface area contributed by atoms with E-state index in [-0.39, 0.29) is 6.61 Å². The standard InChI is InChI=1S/C7H17NO4S/c8-6-4-2-1-3-5-7-12-13(9,10)11/h1-8H2,(H,9,10,11). The molecule has 0 spiro atoms. The van der Waals surface area contributed by atoms with Crippen LogP contribution in [0.15, 0.2) is 0 Å². The minimum atomic E-state index is -4.24. The highest BCUT2D eigenvalue weighted by Gasteiger charge is 2.02. The van der Waals surface area contributed by atoms with E-state index in [9.17, 15) is 8.42 Å². The molecule has 0 unspecified atom stereocenters. The molecule has 0 aliphatic heterocycles. The van der Waals surface area contributed by atoms with Crippen molar-refractivity contribution in [2.45, 2.75) is 32.1 Å². The van der Waals surface area contributed by atoms with Gasteiger partial charge < -0.3 is 5.73 Å². The second-order valence-electron chi connectivity index (χ2n) is 2.81. The lowest BCUT2D eigenvalue weighted by Gasteiger charge is -2.00. The summed E-state index contributed by atoms with van der Waals surface area (Å²) in [6, 6.07) is 0. The van der Waals surface area contributed by atoms with Gasteiger partial charge >= 0.3 is 10.4 Å². The minimum absolute atomic E-state index is 0.0570. The van der Waals surface area contributed by atoms with Gasteiger partial charge in [0.15, 0.2) is 0 Å². The maximum Gasteiger partial charge on any atom is 0.397 e. The maximum atomic E-state index is 10.1. The third kappa shape index (κ3) is 11.8. The molecule has 0 atom stereocenters. The van der Waals surface area contributed by atoms with Gasteiger partial charge in [-0.2, -0.15) is 8.42 Å². The lowest BCUT2D eigenvalue weighted by molar-refractivity contribution is 0.261. The summed E-state index contributed by atoms with van der Waals surface area (Å²) < 4.78 is 32.5. The van der Waals surface area contributed by atoms with E-state index in [4.69, 9.17) is 10.3 Å². The summed E-state index contributed by atoms with van der Waals surface area (Å²) in [6.07, 6.45) is 4.62. The van der Waals surface area contributed by atoms with E-state index in [1.54, 1.807) is 0 Å². The number of hydrogen-bond donors (Lipinski definition) is 2. The van der Waals surface area contributed by atoms with Gasteiger partial charge in [-0.1, -0.05) is 19.3 Å². The lowest BCUT2D eigenvalue weighted by Crippen LogP contribution is -2.04. The number of unbranched alkanes of at least 4 members (excludes halogenated alkanes) is 4. The Balaban J connectivity index is 3.09. The van der Waals surface area contributed by atoms with Crippen molar-refractivity contribution in [3.63, 3.8) is 0 Å². The second kappa shape index (κ2) is 7.25. The molecular weight excluding hydrogens is 194 g/mol. The molecule has 3 N–H and O–H groups in total. The summed E-state index contributed by atoms with van der Waals surface area (Å²) in [5.41, 5.74) is 5.29. The quantitative estimate of drug-likeness (QED) is 0.456. The molecule has 13 heavy (non-hydrogen) atoms. The molecule has 0 aliphatic carbocycles. The fourth-order valence-corrected chi connectivity index (χ4v) is 1.27. The van der Waals surface area contributed by atoms with Crippen molar-refractivity contribution in [2.24, 2.45) is 5.73 Å². The van der Waals surface area contributed by atoms with Gasteiger partial charge in [0.2, 0.25) is 0 Å². The van der Waals surface area contributed by atoms with Crippen LogP contribution in [-0.4, -0.2) is 26.1 Å². The van der Waals surface area contributed by atoms with Crippen molar-refractivity contribution in [1.29, 1.82) is 0 Å². The molecule has 0 aromatic rings. The van der Waals surface area contributed by atoms with Gasteiger partial charge in [0.1, 0.15) is 0 Å². The molecule has 0 amide bonds. The van der Waals surface area contributed by atoms with Crippen molar-refractivity contribution < 1.29 is 17.2 Å². The molecular formula is C7H17NO4S. The molecule has 0 bridgehead atoms. The molecule has 0 radical (unpaired) electrons. The van der Waals surface area contributed by atoms with E-state index in [2.05, 4.69) is 4.18 Å². The third-order valence-corrected chi connectivity index (χ3v) is 2.05. The molecule has 0 aromatic heterocycles. The van der Waals surface area contributed by atoms with Gasteiger partial charge in [-0.25, -0.2) is 4.18 Å². The summed E-state index contributed by atoms with van der Waals surface area (Å²) in [4.78, 5) is 0. The van der Waals surface area contributed by atoms with E-state index >= 15 is 0 Å². The van der Waals surface area contributed by atoms with Crippen molar-refractivity contribution in [3.8, 4) is 0 Å². The van der Waals surface area contributed by atoms with Crippen LogP contribution in [0.1, 0.15) is 32.1 Å². The molecule has 6 heteroatoms. The van der Waals surface area contributed by atoms with Crippen molar-refractivity contribution in [1.82, 2.24) is 0 Å². The summed E-state index contributed by atoms with van der Waals surface area (Å²) in [5, 5.41) is 0. The van der Waals surface area contributed by atoms with E-state index < -0.39 is 10.4 Å². The van der Waals surface area contributed by atoms with E-state index in [1.807, 2.05) is 0 Å². The minimum Gasteiger partial charge on any atom is -0.330 e. The predicted octanol–water partition coefficient (Wildman–Crippen LogP) is 0.715. The van der Waals surface area contributed by atoms with Crippen LogP contribution in [-0.2, 0) is 14.6 Å². The Morgan fingerprint density at radius 2 is 1.62 bits per heavy atom. The third-order valence-electron chi connectivity index (χ3n) is 1.58. The Kier molecular flexibility index (Phi) is 7.16. The van der Waals surface area contributed by atoms with Gasteiger partial charge in [0, 0.05) is 0 Å². The smallest absolute Gasteiger partial charge is 0.330 e. The highest BCUT2D eigenvalue weighted by molar-refractivity contribution is 7.80. The molecule has 0 rings (SSSR count). The first-order valence-electron chi connectivity index (χ1n) is 4.38. The summed E-state index contributed by atoms with van der Waals surface area (Å²) in [5.74, 6) is 0. The first-order valence-corrected chi connectivity index (χ1v) is 5.74. The molecule has 0 aromatic carbocycles.